The van der Waals surface area contributed by atoms with Gasteiger partial charge in [-0.15, -0.1) is 0 Å². The first-order valence-corrected chi connectivity index (χ1v) is 12.2. The standard InChI is InChI=1S/C33H22F3NO/c34-33(35,36)30-15-7-14-29-31(26(21-37-32(29)30)18-22-8-2-1-3-9-22)25-12-6-13-27(20-25)38-28-17-16-23-10-4-5-11-24(23)19-28/h1-17,19-21H,18H2. The second kappa shape index (κ2) is 9.67. The molecule has 0 N–H and O–H groups in total. The van der Waals surface area contributed by atoms with Crippen molar-refractivity contribution in [2.75, 3.05) is 0 Å². The number of aromatic nitrogens is 1. The molecule has 0 bridgehead atoms. The maximum absolute atomic E-state index is 13.9. The van der Waals surface area contributed by atoms with Crippen molar-refractivity contribution in [1.82, 2.24) is 4.98 Å². The Kier molecular flexibility index (Phi) is 6.04. The molecule has 0 unspecified atom stereocenters. The lowest BCUT2D eigenvalue weighted by Crippen LogP contribution is -2.07. The van der Waals surface area contributed by atoms with Crippen LogP contribution in [0.4, 0.5) is 13.2 Å². The minimum atomic E-state index is -4.51. The largest absolute Gasteiger partial charge is 0.457 e. The van der Waals surface area contributed by atoms with Crippen molar-refractivity contribution in [1.29, 1.82) is 0 Å². The number of para-hydroxylation sites is 1. The summed E-state index contributed by atoms with van der Waals surface area (Å²) in [6.07, 6.45) is -2.41. The van der Waals surface area contributed by atoms with Gasteiger partial charge in [-0.25, -0.2) is 0 Å². The molecule has 0 aliphatic heterocycles. The zero-order valence-electron chi connectivity index (χ0n) is 20.2. The number of rotatable bonds is 5. The van der Waals surface area contributed by atoms with E-state index in [0.717, 1.165) is 33.5 Å². The van der Waals surface area contributed by atoms with E-state index in [1.54, 1.807) is 12.3 Å². The molecule has 5 heteroatoms. The molecule has 1 aromatic heterocycles. The number of fused-ring (bicyclic) bond motifs is 2. The maximum atomic E-state index is 13.9. The summed E-state index contributed by atoms with van der Waals surface area (Å²) in [5, 5.41) is 2.63. The summed E-state index contributed by atoms with van der Waals surface area (Å²) in [4.78, 5) is 4.30. The molecule has 6 rings (SSSR count). The van der Waals surface area contributed by atoms with E-state index in [1.165, 1.54) is 6.07 Å². The third kappa shape index (κ3) is 4.71. The first-order valence-electron chi connectivity index (χ1n) is 12.2. The summed E-state index contributed by atoms with van der Waals surface area (Å²) in [6.45, 7) is 0. The minimum absolute atomic E-state index is 0.0623. The van der Waals surface area contributed by atoms with Crippen molar-refractivity contribution in [3.63, 3.8) is 0 Å². The quantitative estimate of drug-likeness (QED) is 0.233. The van der Waals surface area contributed by atoms with Gasteiger partial charge in [0.2, 0.25) is 0 Å². The average Bonchev–Trinajstić information content (AvgIpc) is 2.93. The molecule has 186 valence electrons. The molecule has 0 saturated carbocycles. The van der Waals surface area contributed by atoms with Crippen molar-refractivity contribution in [3.05, 3.63) is 138 Å². The Bertz CT molecular complexity index is 1760. The third-order valence-electron chi connectivity index (χ3n) is 6.60. The fraction of sp³-hybridized carbons (Fsp3) is 0.0606. The molecule has 1 heterocycles. The Morgan fingerprint density at radius 3 is 2.21 bits per heavy atom. The molecule has 38 heavy (non-hydrogen) atoms. The first kappa shape index (κ1) is 23.7. The fourth-order valence-corrected chi connectivity index (χ4v) is 4.87. The van der Waals surface area contributed by atoms with Crippen LogP contribution in [0, 0.1) is 0 Å². The van der Waals surface area contributed by atoms with Crippen molar-refractivity contribution in [2.45, 2.75) is 12.6 Å². The molecule has 0 atom stereocenters. The average molecular weight is 506 g/mol. The highest BCUT2D eigenvalue weighted by molar-refractivity contribution is 5.98. The molecule has 0 saturated heterocycles. The van der Waals surface area contributed by atoms with Gasteiger partial charge in [0.1, 0.15) is 11.5 Å². The predicted molar refractivity (Wildman–Crippen MR) is 145 cm³/mol. The van der Waals surface area contributed by atoms with Gasteiger partial charge >= 0.3 is 6.18 Å². The normalized spacial score (nSPS) is 11.7. The van der Waals surface area contributed by atoms with Crippen LogP contribution in [0.2, 0.25) is 0 Å². The van der Waals surface area contributed by atoms with Crippen molar-refractivity contribution >= 4 is 21.7 Å². The molecule has 0 radical (unpaired) electrons. The molecular weight excluding hydrogens is 483 g/mol. The lowest BCUT2D eigenvalue weighted by atomic mass is 9.92. The molecule has 0 aliphatic carbocycles. The van der Waals surface area contributed by atoms with Gasteiger partial charge in [0.15, 0.2) is 0 Å². The summed E-state index contributed by atoms with van der Waals surface area (Å²) in [6, 6.07) is 35.5. The number of hydrogen-bond donors (Lipinski definition) is 0. The van der Waals surface area contributed by atoms with Gasteiger partial charge < -0.3 is 4.74 Å². The lowest BCUT2D eigenvalue weighted by molar-refractivity contribution is -0.136. The molecule has 5 aromatic carbocycles. The smallest absolute Gasteiger partial charge is 0.418 e. The van der Waals surface area contributed by atoms with Crippen LogP contribution in [-0.4, -0.2) is 4.98 Å². The fourth-order valence-electron chi connectivity index (χ4n) is 4.87. The number of benzene rings is 5. The molecule has 6 aromatic rings. The molecule has 0 spiro atoms. The monoisotopic (exact) mass is 505 g/mol. The van der Waals surface area contributed by atoms with Crippen molar-refractivity contribution in [2.24, 2.45) is 0 Å². The summed E-state index contributed by atoms with van der Waals surface area (Å²) in [7, 11) is 0. The number of hydrogen-bond acceptors (Lipinski definition) is 2. The van der Waals surface area contributed by atoms with E-state index in [9.17, 15) is 13.2 Å². The van der Waals surface area contributed by atoms with Gasteiger partial charge in [0.25, 0.3) is 0 Å². The lowest BCUT2D eigenvalue weighted by Gasteiger charge is -2.17. The van der Waals surface area contributed by atoms with Gasteiger partial charge in [-0.1, -0.05) is 84.9 Å². The van der Waals surface area contributed by atoms with Gasteiger partial charge in [-0.2, -0.15) is 13.2 Å². The van der Waals surface area contributed by atoms with Crippen LogP contribution in [0.15, 0.2) is 121 Å². The van der Waals surface area contributed by atoms with Crippen LogP contribution in [-0.2, 0) is 12.6 Å². The highest BCUT2D eigenvalue weighted by atomic mass is 19.4. The first-order chi connectivity index (χ1) is 18.5. The Hall–Kier alpha value is -4.64. The van der Waals surface area contributed by atoms with E-state index in [1.807, 2.05) is 97.1 Å². The summed E-state index contributed by atoms with van der Waals surface area (Å²) >= 11 is 0. The van der Waals surface area contributed by atoms with Crippen LogP contribution < -0.4 is 4.74 Å². The van der Waals surface area contributed by atoms with Crippen LogP contribution in [0.1, 0.15) is 16.7 Å². The Morgan fingerprint density at radius 1 is 0.658 bits per heavy atom. The predicted octanol–water partition coefficient (Wildman–Crippen LogP) is 9.46. The highest BCUT2D eigenvalue weighted by Gasteiger charge is 2.33. The van der Waals surface area contributed by atoms with Gasteiger partial charge in [0, 0.05) is 11.6 Å². The number of nitrogens with zero attached hydrogens (tertiary/aromatic N) is 1. The van der Waals surface area contributed by atoms with E-state index in [0.29, 0.717) is 28.9 Å². The zero-order chi connectivity index (χ0) is 26.1. The molecule has 0 aliphatic rings. The summed E-state index contributed by atoms with van der Waals surface area (Å²) < 4.78 is 47.8. The molecular formula is C33H22F3NO. The SMILES string of the molecule is FC(F)(F)c1cccc2c(-c3cccc(Oc4ccc5ccccc5c4)c3)c(Cc3ccccc3)cnc12. The number of halogens is 3. The van der Waals surface area contributed by atoms with Crippen LogP contribution in [0.5, 0.6) is 11.5 Å². The van der Waals surface area contributed by atoms with Gasteiger partial charge in [-0.3, -0.25) is 4.98 Å². The summed E-state index contributed by atoms with van der Waals surface area (Å²) in [5.74, 6) is 1.28. The van der Waals surface area contributed by atoms with E-state index in [4.69, 9.17) is 4.74 Å². The highest BCUT2D eigenvalue weighted by Crippen LogP contribution is 2.40. The van der Waals surface area contributed by atoms with Crippen LogP contribution >= 0.6 is 0 Å². The Balaban J connectivity index is 1.48. The van der Waals surface area contributed by atoms with Crippen molar-refractivity contribution < 1.29 is 17.9 Å². The number of ether oxygens (including phenoxy) is 1. The second-order valence-electron chi connectivity index (χ2n) is 9.16. The second-order valence-corrected chi connectivity index (χ2v) is 9.16. The summed E-state index contributed by atoms with van der Waals surface area (Å²) in [5.41, 5.74) is 2.56. The Morgan fingerprint density at radius 2 is 1.39 bits per heavy atom. The number of pyridine rings is 1. The van der Waals surface area contributed by atoms with Crippen molar-refractivity contribution in [3.8, 4) is 22.6 Å². The maximum Gasteiger partial charge on any atom is 0.418 e. The molecule has 0 fully saturated rings. The Labute approximate surface area is 218 Å². The van der Waals surface area contributed by atoms with E-state index < -0.39 is 11.7 Å². The van der Waals surface area contributed by atoms with E-state index in [-0.39, 0.29) is 5.52 Å². The topological polar surface area (TPSA) is 22.1 Å². The third-order valence-corrected chi connectivity index (χ3v) is 6.60. The molecule has 2 nitrogen and oxygen atoms in total. The zero-order valence-corrected chi connectivity index (χ0v) is 20.2. The molecule has 0 amide bonds. The van der Waals surface area contributed by atoms with Gasteiger partial charge in [-0.05, 0) is 69.8 Å². The number of alkyl halides is 3. The van der Waals surface area contributed by atoms with Gasteiger partial charge in [0.05, 0.1) is 11.1 Å². The van der Waals surface area contributed by atoms with Crippen LogP contribution in [0.3, 0.4) is 0 Å². The van der Waals surface area contributed by atoms with E-state index >= 15 is 0 Å². The van der Waals surface area contributed by atoms with Crippen LogP contribution in [0.25, 0.3) is 32.8 Å². The minimum Gasteiger partial charge on any atom is -0.457 e. The van der Waals surface area contributed by atoms with E-state index in [2.05, 4.69) is 4.98 Å².